The molecule has 0 bridgehead atoms. The summed E-state index contributed by atoms with van der Waals surface area (Å²) in [7, 11) is -3.59. The lowest BCUT2D eigenvalue weighted by Gasteiger charge is -2.38. The van der Waals surface area contributed by atoms with Gasteiger partial charge in [0.15, 0.2) is 11.6 Å². The summed E-state index contributed by atoms with van der Waals surface area (Å²) in [5, 5.41) is 13.9. The van der Waals surface area contributed by atoms with E-state index >= 15 is 0 Å². The molecule has 0 fully saturated rings. The fourth-order valence-corrected chi connectivity index (χ4v) is 5.28. The van der Waals surface area contributed by atoms with E-state index in [9.17, 15) is 19.0 Å². The number of anilines is 2. The number of nitrogens with zero attached hydrogens (tertiary/aromatic N) is 1. The molecule has 0 spiro atoms. The van der Waals surface area contributed by atoms with E-state index in [1.54, 1.807) is 24.3 Å². The van der Waals surface area contributed by atoms with Gasteiger partial charge in [-0.2, -0.15) is 0 Å². The molecule has 2 aliphatic rings. The first-order valence-corrected chi connectivity index (χ1v) is 10.8. The lowest BCUT2D eigenvalue weighted by Crippen LogP contribution is -2.42. The smallest absolute Gasteiger partial charge is 0.180 e. The predicted molar refractivity (Wildman–Crippen MR) is 116 cm³/mol. The molecule has 1 aliphatic carbocycles. The largest absolute Gasteiger partial charge is 0.506 e. The van der Waals surface area contributed by atoms with Crippen LogP contribution in [0.4, 0.5) is 11.4 Å². The molecule has 0 saturated heterocycles. The molecule has 29 heavy (non-hydrogen) atoms. The van der Waals surface area contributed by atoms with Crippen LogP contribution >= 0.6 is 10.8 Å². The maximum Gasteiger partial charge on any atom is 0.180 e. The van der Waals surface area contributed by atoms with E-state index in [0.717, 1.165) is 12.0 Å². The minimum absolute atomic E-state index is 0.0397. The Balaban J connectivity index is 1.92. The number of fused-ring (bicyclic) bond motifs is 2. The van der Waals surface area contributed by atoms with Crippen molar-refractivity contribution in [2.24, 2.45) is 4.40 Å². The van der Waals surface area contributed by atoms with Crippen molar-refractivity contribution in [2.45, 2.75) is 37.0 Å². The number of amidine groups is 1. The Morgan fingerprint density at radius 2 is 1.93 bits per heavy atom. The van der Waals surface area contributed by atoms with Crippen LogP contribution in [0.2, 0.25) is 0 Å². The van der Waals surface area contributed by atoms with Gasteiger partial charge in [0.25, 0.3) is 0 Å². The third-order valence-corrected chi connectivity index (χ3v) is 6.87. The number of hydrogen-bond donors (Lipinski definition) is 5. The molecular weight excluding hydrogens is 390 g/mol. The second kappa shape index (κ2) is 6.62. The van der Waals surface area contributed by atoms with Gasteiger partial charge in [-0.1, -0.05) is 48.4 Å². The summed E-state index contributed by atoms with van der Waals surface area (Å²) < 4.78 is 25.2. The number of nitrogens with two attached hydrogens (primary N) is 1. The van der Waals surface area contributed by atoms with E-state index in [1.807, 2.05) is 26.0 Å². The monoisotopic (exact) mass is 413 g/mol. The standard InChI is InChI=1S/C21H23N3O4S/c1-3-10-21(2)14-7-5-4-6-13(14)18(25)17(19(21)26)20-23-15-9-8-12(22)11-16(15)29(27,28)24-20/h4-9,11,25,27-28H,3,10,22H2,1-2H3,(H,23,24). The van der Waals surface area contributed by atoms with E-state index in [0.29, 0.717) is 23.4 Å². The van der Waals surface area contributed by atoms with Crippen molar-refractivity contribution in [2.75, 3.05) is 11.1 Å². The summed E-state index contributed by atoms with van der Waals surface area (Å²) in [6, 6.07) is 11.9. The number of Topliss-reactive ketones (excluding diaryl/α,β-unsaturated/α-hetero) is 1. The molecule has 1 unspecified atom stereocenters. The lowest BCUT2D eigenvalue weighted by molar-refractivity contribution is -0.120. The fraction of sp³-hybridized carbons (Fsp3) is 0.238. The van der Waals surface area contributed by atoms with E-state index in [4.69, 9.17) is 5.73 Å². The quantitative estimate of drug-likeness (QED) is 0.463. The normalized spacial score (nSPS) is 23.6. The third kappa shape index (κ3) is 2.91. The maximum absolute atomic E-state index is 13.6. The van der Waals surface area contributed by atoms with Crippen molar-refractivity contribution >= 4 is 39.5 Å². The van der Waals surface area contributed by atoms with Crippen LogP contribution in [0.5, 0.6) is 0 Å². The summed E-state index contributed by atoms with van der Waals surface area (Å²) in [4.78, 5) is 13.7. The molecule has 0 aromatic heterocycles. The van der Waals surface area contributed by atoms with Crippen LogP contribution in [0.1, 0.15) is 37.8 Å². The van der Waals surface area contributed by atoms with Gasteiger partial charge in [-0.25, -0.2) is 0 Å². The van der Waals surface area contributed by atoms with Crippen molar-refractivity contribution in [3.05, 3.63) is 59.2 Å². The zero-order valence-corrected chi connectivity index (χ0v) is 17.0. The molecule has 4 rings (SSSR count). The van der Waals surface area contributed by atoms with Crippen LogP contribution < -0.4 is 11.1 Å². The number of aliphatic hydroxyl groups is 1. The van der Waals surface area contributed by atoms with Crippen LogP contribution in [-0.4, -0.2) is 25.8 Å². The number of rotatable bonds is 3. The highest BCUT2D eigenvalue weighted by Gasteiger charge is 2.46. The number of hydrogen-bond acceptors (Lipinski definition) is 7. The third-order valence-electron chi connectivity index (χ3n) is 5.50. The first kappa shape index (κ1) is 19.5. The highest BCUT2D eigenvalue weighted by atomic mass is 32.3. The van der Waals surface area contributed by atoms with Crippen molar-refractivity contribution < 1.29 is 19.0 Å². The molecule has 1 atom stereocenters. The topological polar surface area (TPSA) is 128 Å². The van der Waals surface area contributed by atoms with Crippen LogP contribution in [0.25, 0.3) is 5.76 Å². The van der Waals surface area contributed by atoms with Crippen LogP contribution in [0.3, 0.4) is 0 Å². The highest BCUT2D eigenvalue weighted by molar-refractivity contribution is 8.23. The van der Waals surface area contributed by atoms with Crippen LogP contribution in [0.15, 0.2) is 57.3 Å². The molecule has 0 radical (unpaired) electrons. The minimum atomic E-state index is -3.59. The first-order chi connectivity index (χ1) is 13.7. The molecule has 8 heteroatoms. The molecule has 1 heterocycles. The Kier molecular flexibility index (Phi) is 4.45. The second-order valence-electron chi connectivity index (χ2n) is 7.52. The predicted octanol–water partition coefficient (Wildman–Crippen LogP) is 4.73. The summed E-state index contributed by atoms with van der Waals surface area (Å²) in [5.74, 6) is -0.586. The van der Waals surface area contributed by atoms with E-state index < -0.39 is 16.2 Å². The fourth-order valence-electron chi connectivity index (χ4n) is 4.08. The zero-order valence-electron chi connectivity index (χ0n) is 16.1. The molecule has 152 valence electrons. The van der Waals surface area contributed by atoms with Gasteiger partial charge in [-0.05, 0) is 37.1 Å². The van der Waals surface area contributed by atoms with Crippen LogP contribution in [-0.2, 0) is 10.2 Å². The number of carbonyl (C=O) groups excluding carboxylic acids is 1. The van der Waals surface area contributed by atoms with Gasteiger partial charge in [-0.3, -0.25) is 13.9 Å². The number of carbonyl (C=O) groups is 1. The van der Waals surface area contributed by atoms with Crippen molar-refractivity contribution in [1.82, 2.24) is 0 Å². The molecule has 6 N–H and O–H groups in total. The van der Waals surface area contributed by atoms with Crippen molar-refractivity contribution in [3.8, 4) is 0 Å². The summed E-state index contributed by atoms with van der Waals surface area (Å²) in [6.07, 6.45) is 1.35. The first-order valence-electron chi connectivity index (χ1n) is 9.32. The Morgan fingerprint density at radius 1 is 1.21 bits per heavy atom. The highest BCUT2D eigenvalue weighted by Crippen LogP contribution is 2.56. The van der Waals surface area contributed by atoms with Gasteiger partial charge in [0.05, 0.1) is 11.1 Å². The number of benzene rings is 2. The molecule has 2 aromatic carbocycles. The lowest BCUT2D eigenvalue weighted by atomic mass is 9.67. The number of nitrogens with one attached hydrogen (secondary N) is 1. The average molecular weight is 413 g/mol. The average Bonchev–Trinajstić information content (AvgIpc) is 2.67. The van der Waals surface area contributed by atoms with Crippen LogP contribution in [0, 0.1) is 0 Å². The maximum atomic E-state index is 13.6. The van der Waals surface area contributed by atoms with Gasteiger partial charge < -0.3 is 16.2 Å². The summed E-state index contributed by atoms with van der Waals surface area (Å²) in [5.41, 5.74) is 6.90. The molecule has 0 amide bonds. The molecular formula is C21H23N3O4S. The second-order valence-corrected chi connectivity index (χ2v) is 9.18. The zero-order chi connectivity index (χ0) is 21.0. The number of ketones is 1. The number of nitrogen functional groups attached to an aromatic ring is 1. The van der Waals surface area contributed by atoms with Gasteiger partial charge in [0, 0.05) is 11.3 Å². The molecule has 2 aromatic rings. The van der Waals surface area contributed by atoms with Gasteiger partial charge in [-0.15, -0.1) is 4.40 Å². The Hall–Kier alpha value is -2.81. The molecule has 7 nitrogen and oxygen atoms in total. The van der Waals surface area contributed by atoms with Gasteiger partial charge >= 0.3 is 0 Å². The van der Waals surface area contributed by atoms with Gasteiger partial charge in [0.1, 0.15) is 16.2 Å². The van der Waals surface area contributed by atoms with Crippen molar-refractivity contribution in [1.29, 1.82) is 0 Å². The summed E-state index contributed by atoms with van der Waals surface area (Å²) in [6.45, 7) is 3.84. The number of aliphatic hydroxyl groups excluding tert-OH is 1. The molecule has 1 aliphatic heterocycles. The summed E-state index contributed by atoms with van der Waals surface area (Å²) >= 11 is 0. The minimum Gasteiger partial charge on any atom is -0.506 e. The van der Waals surface area contributed by atoms with E-state index in [2.05, 4.69) is 9.71 Å². The SMILES string of the molecule is CCCC1(C)C(=O)C(C2=NS(O)(O)c3cc(N)ccc3N2)=C(O)c2ccccc21. The Bertz CT molecular complexity index is 1090. The molecule has 0 saturated carbocycles. The van der Waals surface area contributed by atoms with Gasteiger partial charge in [0.2, 0.25) is 0 Å². The Morgan fingerprint density at radius 3 is 2.66 bits per heavy atom. The van der Waals surface area contributed by atoms with E-state index in [1.165, 1.54) is 6.07 Å². The van der Waals surface area contributed by atoms with Crippen molar-refractivity contribution in [3.63, 3.8) is 0 Å². The Labute approximate surface area is 170 Å². The van der Waals surface area contributed by atoms with E-state index in [-0.39, 0.29) is 27.8 Å².